The molecule has 0 saturated heterocycles. The minimum absolute atomic E-state index is 0.0125. The second-order valence-corrected chi connectivity index (χ2v) is 10.0. The lowest BCUT2D eigenvalue weighted by Gasteiger charge is -2.33. The zero-order valence-electron chi connectivity index (χ0n) is 21.3. The summed E-state index contributed by atoms with van der Waals surface area (Å²) in [5.74, 6) is 1.97. The van der Waals surface area contributed by atoms with Gasteiger partial charge in [0.1, 0.15) is 11.6 Å². The number of rotatable bonds is 7. The molecule has 192 valence electrons. The lowest BCUT2D eigenvalue weighted by Crippen LogP contribution is -2.33. The molecule has 2 N–H and O–H groups in total. The number of fused-ring (bicyclic) bond motifs is 1. The molecule has 1 aromatic heterocycles. The zero-order chi connectivity index (χ0) is 26.1. The van der Waals surface area contributed by atoms with Crippen molar-refractivity contribution in [2.45, 2.75) is 43.0 Å². The zero-order valence-corrected chi connectivity index (χ0v) is 22.1. The number of hydrogen-bond donors (Lipinski definition) is 2. The largest absolute Gasteiger partial charge is 0.496 e. The number of thioether (sulfide) groups is 1. The molecule has 2 heterocycles. The number of carbonyl (C=O) groups is 1. The van der Waals surface area contributed by atoms with Crippen LogP contribution >= 0.6 is 11.8 Å². The molecule has 0 spiro atoms. The smallest absolute Gasteiger partial charge is 0.257 e. The maximum absolute atomic E-state index is 13.6. The molecule has 1 aliphatic carbocycles. The molecule has 3 aromatic rings. The highest BCUT2D eigenvalue weighted by Crippen LogP contribution is 2.48. The highest BCUT2D eigenvalue weighted by atomic mass is 32.2. The van der Waals surface area contributed by atoms with Crippen LogP contribution in [0.3, 0.4) is 0 Å². The van der Waals surface area contributed by atoms with Crippen molar-refractivity contribution in [1.82, 2.24) is 9.97 Å². The van der Waals surface area contributed by atoms with Gasteiger partial charge in [-0.1, -0.05) is 41.6 Å². The van der Waals surface area contributed by atoms with E-state index in [0.29, 0.717) is 63.5 Å². The SMILES string of the molecule is COc1cc(OC)c(C2C3=C(CCCC3=O)Nc3nc(SCc4ccc(C)cc4)[nH]c(=O)c32)cc1OC. The van der Waals surface area contributed by atoms with Crippen molar-refractivity contribution in [3.63, 3.8) is 0 Å². The van der Waals surface area contributed by atoms with E-state index in [4.69, 9.17) is 19.2 Å². The Hall–Kier alpha value is -3.72. The van der Waals surface area contributed by atoms with Gasteiger partial charge in [-0.25, -0.2) is 4.98 Å². The van der Waals surface area contributed by atoms with Gasteiger partial charge in [-0.15, -0.1) is 0 Å². The van der Waals surface area contributed by atoms with Gasteiger partial charge in [-0.05, 0) is 31.4 Å². The summed E-state index contributed by atoms with van der Waals surface area (Å²) in [4.78, 5) is 34.6. The Bertz CT molecular complexity index is 1450. The van der Waals surface area contributed by atoms with Crippen LogP contribution in [0.2, 0.25) is 0 Å². The molecule has 2 aromatic carbocycles. The van der Waals surface area contributed by atoms with Crippen LogP contribution in [0.4, 0.5) is 5.82 Å². The summed E-state index contributed by atoms with van der Waals surface area (Å²) in [7, 11) is 4.65. The number of nitrogens with one attached hydrogen (secondary N) is 2. The number of carbonyl (C=O) groups excluding carboxylic acids is 1. The van der Waals surface area contributed by atoms with E-state index in [0.717, 1.165) is 17.7 Å². The summed E-state index contributed by atoms with van der Waals surface area (Å²) in [6.45, 7) is 2.05. The molecule has 8 nitrogen and oxygen atoms in total. The van der Waals surface area contributed by atoms with E-state index in [1.165, 1.54) is 17.3 Å². The Kier molecular flexibility index (Phi) is 6.97. The highest BCUT2D eigenvalue weighted by Gasteiger charge is 2.39. The molecule has 0 radical (unpaired) electrons. The number of aromatic nitrogens is 2. The van der Waals surface area contributed by atoms with E-state index in [1.54, 1.807) is 33.5 Å². The van der Waals surface area contributed by atoms with E-state index >= 15 is 0 Å². The Morgan fingerprint density at radius 2 is 1.68 bits per heavy atom. The third-order valence-electron chi connectivity index (χ3n) is 6.78. The van der Waals surface area contributed by atoms with E-state index < -0.39 is 5.92 Å². The van der Waals surface area contributed by atoms with Crippen molar-refractivity contribution in [2.24, 2.45) is 0 Å². The normalized spacial score (nSPS) is 16.5. The molecular formula is C28H29N3O5S. The lowest BCUT2D eigenvalue weighted by molar-refractivity contribution is -0.116. The molecule has 5 rings (SSSR count). The molecule has 2 aliphatic rings. The molecule has 9 heteroatoms. The number of Topliss-reactive ketones (excluding diaryl/α,β-unsaturated/α-hetero) is 1. The van der Waals surface area contributed by atoms with Crippen molar-refractivity contribution in [2.75, 3.05) is 26.6 Å². The van der Waals surface area contributed by atoms with Crippen molar-refractivity contribution in [3.05, 3.63) is 80.3 Å². The number of ether oxygens (including phenoxy) is 3. The molecule has 1 aliphatic heterocycles. The predicted octanol–water partition coefficient (Wildman–Crippen LogP) is 4.96. The lowest BCUT2D eigenvalue weighted by atomic mass is 9.76. The van der Waals surface area contributed by atoms with Gasteiger partial charge in [-0.2, -0.15) is 0 Å². The first-order chi connectivity index (χ1) is 17.9. The average Bonchev–Trinajstić information content (AvgIpc) is 2.91. The number of aryl methyl sites for hydroxylation is 1. The number of methoxy groups -OCH3 is 3. The summed E-state index contributed by atoms with van der Waals surface area (Å²) in [6.07, 6.45) is 1.87. The molecule has 0 fully saturated rings. The second kappa shape index (κ2) is 10.3. The number of aromatic amines is 1. The van der Waals surface area contributed by atoms with Crippen molar-refractivity contribution < 1.29 is 19.0 Å². The van der Waals surface area contributed by atoms with Gasteiger partial charge >= 0.3 is 0 Å². The van der Waals surface area contributed by atoms with Crippen LogP contribution in [0.15, 0.2) is 57.6 Å². The number of ketones is 1. The first kappa shape index (κ1) is 25.0. The number of benzene rings is 2. The van der Waals surface area contributed by atoms with Gasteiger partial charge in [0.05, 0.1) is 32.8 Å². The minimum atomic E-state index is -0.652. The van der Waals surface area contributed by atoms with E-state index in [9.17, 15) is 9.59 Å². The molecular weight excluding hydrogens is 490 g/mol. The van der Waals surface area contributed by atoms with Crippen LogP contribution in [-0.2, 0) is 10.5 Å². The number of nitrogens with zero attached hydrogens (tertiary/aromatic N) is 1. The highest BCUT2D eigenvalue weighted by molar-refractivity contribution is 7.98. The standard InChI is InChI=1S/C28H29N3O5S/c1-15-8-10-16(11-9-15)14-37-28-30-26-25(27(33)31-28)23(24-18(29-26)6-5-7-19(24)32)17-12-21(35-3)22(36-4)13-20(17)34-2/h8-13,23H,5-7,14H2,1-4H3,(H2,29,30,31,33). The van der Waals surface area contributed by atoms with Crippen LogP contribution in [0.1, 0.15) is 47.4 Å². The minimum Gasteiger partial charge on any atom is -0.496 e. The fourth-order valence-corrected chi connectivity index (χ4v) is 5.75. The van der Waals surface area contributed by atoms with E-state index in [2.05, 4.69) is 34.6 Å². The molecule has 0 bridgehead atoms. The van der Waals surface area contributed by atoms with Gasteiger partial charge in [0.15, 0.2) is 22.4 Å². The van der Waals surface area contributed by atoms with Crippen LogP contribution in [-0.4, -0.2) is 37.1 Å². The first-order valence-corrected chi connectivity index (χ1v) is 13.1. The fraction of sp³-hybridized carbons (Fsp3) is 0.321. The Morgan fingerprint density at radius 1 is 0.973 bits per heavy atom. The summed E-state index contributed by atoms with van der Waals surface area (Å²) in [5, 5.41) is 3.84. The second-order valence-electron chi connectivity index (χ2n) is 9.08. The number of allylic oxidation sites excluding steroid dienone is 2. The molecule has 0 saturated carbocycles. The van der Waals surface area contributed by atoms with Gasteiger partial charge in [0.25, 0.3) is 5.56 Å². The molecule has 0 amide bonds. The topological polar surface area (TPSA) is 103 Å². The third-order valence-corrected chi connectivity index (χ3v) is 7.72. The molecule has 1 unspecified atom stereocenters. The summed E-state index contributed by atoms with van der Waals surface area (Å²) in [5.41, 5.74) is 4.46. The van der Waals surface area contributed by atoms with Gasteiger partial charge in [-0.3, -0.25) is 9.59 Å². The third kappa shape index (κ3) is 4.71. The Morgan fingerprint density at radius 3 is 2.38 bits per heavy atom. The molecule has 1 atom stereocenters. The van der Waals surface area contributed by atoms with E-state index in [1.807, 2.05) is 6.92 Å². The maximum atomic E-state index is 13.6. The van der Waals surface area contributed by atoms with E-state index in [-0.39, 0.29) is 11.3 Å². The van der Waals surface area contributed by atoms with Crippen molar-refractivity contribution >= 4 is 23.4 Å². The van der Waals surface area contributed by atoms with Gasteiger partial charge in [0.2, 0.25) is 0 Å². The number of H-pyrrole nitrogens is 1. The number of hydrogen-bond acceptors (Lipinski definition) is 8. The molecule has 37 heavy (non-hydrogen) atoms. The van der Waals surface area contributed by atoms with Gasteiger partial charge in [0, 0.05) is 35.1 Å². The summed E-state index contributed by atoms with van der Waals surface area (Å²) in [6, 6.07) is 11.8. The summed E-state index contributed by atoms with van der Waals surface area (Å²) < 4.78 is 16.7. The van der Waals surface area contributed by atoms with Crippen LogP contribution < -0.4 is 25.1 Å². The van der Waals surface area contributed by atoms with Crippen molar-refractivity contribution in [1.29, 1.82) is 0 Å². The summed E-state index contributed by atoms with van der Waals surface area (Å²) >= 11 is 1.46. The first-order valence-electron chi connectivity index (χ1n) is 12.1. The van der Waals surface area contributed by atoms with Crippen molar-refractivity contribution in [3.8, 4) is 17.2 Å². The monoisotopic (exact) mass is 519 g/mol. The van der Waals surface area contributed by atoms with Crippen LogP contribution in [0.5, 0.6) is 17.2 Å². The van der Waals surface area contributed by atoms with Crippen LogP contribution in [0, 0.1) is 6.92 Å². The maximum Gasteiger partial charge on any atom is 0.257 e. The Balaban J connectivity index is 1.62. The van der Waals surface area contributed by atoms with Crippen LogP contribution in [0.25, 0.3) is 0 Å². The Labute approximate surface area is 219 Å². The van der Waals surface area contributed by atoms with Gasteiger partial charge < -0.3 is 24.5 Å². The quantitative estimate of drug-likeness (QED) is 0.334. The fourth-order valence-electron chi connectivity index (χ4n) is 4.93. The number of anilines is 1. The predicted molar refractivity (Wildman–Crippen MR) is 143 cm³/mol. The average molecular weight is 520 g/mol.